The number of carbonyl (C=O) groups is 2. The molecule has 4 N–H and O–H groups in total. The van der Waals surface area contributed by atoms with Crippen LogP contribution in [0.15, 0.2) is 72.9 Å². The molecule has 0 radical (unpaired) electrons. The third-order valence-corrected chi connectivity index (χ3v) is 10.1. The predicted molar refractivity (Wildman–Crippen MR) is 238 cm³/mol. The van der Waals surface area contributed by atoms with Gasteiger partial charge in [-0.15, -0.1) is 0 Å². The van der Waals surface area contributed by atoms with E-state index in [1.165, 1.54) is 64.2 Å². The lowest BCUT2D eigenvalue weighted by atomic mass is 9.99. The van der Waals surface area contributed by atoms with E-state index in [1.807, 2.05) is 0 Å². The van der Waals surface area contributed by atoms with E-state index in [1.54, 1.807) is 0 Å². The van der Waals surface area contributed by atoms with Crippen LogP contribution in [0, 0.1) is 0 Å². The molecule has 0 aromatic heterocycles. The number of rotatable bonds is 37. The van der Waals surface area contributed by atoms with Gasteiger partial charge in [-0.25, -0.2) is 0 Å². The van der Waals surface area contributed by atoms with Crippen LogP contribution in [0.25, 0.3) is 0 Å². The minimum atomic E-state index is -1.61. The Morgan fingerprint density at radius 3 is 1.51 bits per heavy atom. The fourth-order valence-corrected chi connectivity index (χ4v) is 6.39. The largest absolute Gasteiger partial charge is 0.462 e. The molecule has 0 amide bonds. The summed E-state index contributed by atoms with van der Waals surface area (Å²) in [7, 11) is 0. The fraction of sp³-hybridized carbons (Fsp3) is 0.714. The molecule has 338 valence electrons. The van der Waals surface area contributed by atoms with Gasteiger partial charge >= 0.3 is 11.9 Å². The number of carbonyl (C=O) groups excluding carboxylic acids is 2. The summed E-state index contributed by atoms with van der Waals surface area (Å²) in [6.45, 7) is 3.30. The second kappa shape index (κ2) is 39.3. The number of esters is 2. The van der Waals surface area contributed by atoms with E-state index in [2.05, 4.69) is 86.8 Å². The maximum absolute atomic E-state index is 12.8. The predicted octanol–water partition coefficient (Wildman–Crippen LogP) is 10.00. The molecule has 2 unspecified atom stereocenters. The van der Waals surface area contributed by atoms with Crippen LogP contribution in [0.3, 0.4) is 0 Å². The van der Waals surface area contributed by atoms with Gasteiger partial charge in [-0.3, -0.25) is 9.59 Å². The highest BCUT2D eigenvalue weighted by Crippen LogP contribution is 2.22. The van der Waals surface area contributed by atoms with Crippen molar-refractivity contribution in [2.45, 2.75) is 205 Å². The van der Waals surface area contributed by atoms with Gasteiger partial charge in [-0.1, -0.05) is 145 Å². The number of hydrogen-bond acceptors (Lipinski definition) is 10. The molecule has 0 bridgehead atoms. The highest BCUT2D eigenvalue weighted by Gasteiger charge is 2.44. The monoisotopic (exact) mass is 831 g/mol. The topological polar surface area (TPSA) is 152 Å². The van der Waals surface area contributed by atoms with Crippen molar-refractivity contribution in [2.75, 3.05) is 19.8 Å². The van der Waals surface area contributed by atoms with Gasteiger partial charge in [0.15, 0.2) is 12.4 Å². The van der Waals surface area contributed by atoms with Crippen LogP contribution in [-0.2, 0) is 28.5 Å². The second-order valence-electron chi connectivity index (χ2n) is 15.5. The quantitative estimate of drug-likeness (QED) is 0.0271. The number of hydrogen-bond donors (Lipinski definition) is 4. The summed E-state index contributed by atoms with van der Waals surface area (Å²) < 4.78 is 22.1. The van der Waals surface area contributed by atoms with E-state index in [0.717, 1.165) is 64.2 Å². The number of unbranched alkanes of at least 4 members (excludes halogenated alkanes) is 14. The molecule has 0 aliphatic carbocycles. The zero-order chi connectivity index (χ0) is 43.0. The maximum Gasteiger partial charge on any atom is 0.306 e. The lowest BCUT2D eigenvalue weighted by Gasteiger charge is -2.39. The SMILES string of the molecule is CCCCC/C=C/C/C=C/C/C=C/CCCCCCC(=O)O[C@@H](COC(=O)CCC/C=C/C/C=C/C/C=C/CCCCCCCC)CO[C@H]1O[C@@H](CO)[C@@H](O)C(O)C1O. The van der Waals surface area contributed by atoms with Gasteiger partial charge in [0.05, 0.1) is 13.2 Å². The van der Waals surface area contributed by atoms with Crippen molar-refractivity contribution in [3.63, 3.8) is 0 Å². The Morgan fingerprint density at radius 1 is 0.525 bits per heavy atom. The first kappa shape index (κ1) is 54.2. The highest BCUT2D eigenvalue weighted by atomic mass is 16.7. The molecule has 0 aromatic carbocycles. The van der Waals surface area contributed by atoms with E-state index < -0.39 is 55.4 Å². The Bertz CT molecular complexity index is 1190. The van der Waals surface area contributed by atoms with Gasteiger partial charge in [0.2, 0.25) is 0 Å². The van der Waals surface area contributed by atoms with E-state index in [4.69, 9.17) is 18.9 Å². The second-order valence-corrected chi connectivity index (χ2v) is 15.5. The molecule has 6 atom stereocenters. The summed E-state index contributed by atoms with van der Waals surface area (Å²) in [4.78, 5) is 25.3. The highest BCUT2D eigenvalue weighted by molar-refractivity contribution is 5.70. The van der Waals surface area contributed by atoms with E-state index >= 15 is 0 Å². The Kier molecular flexibility index (Phi) is 36.1. The number of allylic oxidation sites excluding steroid dienone is 12. The molecule has 0 saturated carbocycles. The molecule has 10 heteroatoms. The smallest absolute Gasteiger partial charge is 0.306 e. The number of ether oxygens (including phenoxy) is 4. The lowest BCUT2D eigenvalue weighted by Crippen LogP contribution is -2.59. The molecule has 1 fully saturated rings. The summed E-state index contributed by atoms with van der Waals surface area (Å²) in [5, 5.41) is 40.1. The molecule has 1 heterocycles. The molecule has 0 aromatic rings. The number of aliphatic hydroxyl groups excluding tert-OH is 4. The zero-order valence-electron chi connectivity index (χ0n) is 36.7. The Balaban J connectivity index is 2.39. The van der Waals surface area contributed by atoms with Crippen molar-refractivity contribution in [3.8, 4) is 0 Å². The normalized spacial score (nSPS) is 20.7. The van der Waals surface area contributed by atoms with E-state index in [-0.39, 0.29) is 26.1 Å². The third kappa shape index (κ3) is 30.8. The summed E-state index contributed by atoms with van der Waals surface area (Å²) >= 11 is 0. The minimum absolute atomic E-state index is 0.190. The summed E-state index contributed by atoms with van der Waals surface area (Å²) in [6.07, 6.45) is 41.9. The van der Waals surface area contributed by atoms with Gasteiger partial charge in [-0.2, -0.15) is 0 Å². The van der Waals surface area contributed by atoms with Gasteiger partial charge in [-0.05, 0) is 83.5 Å². The van der Waals surface area contributed by atoms with E-state index in [0.29, 0.717) is 12.8 Å². The van der Waals surface area contributed by atoms with Crippen LogP contribution in [-0.4, -0.2) is 89.0 Å². The average Bonchev–Trinajstić information content (AvgIpc) is 3.23. The first-order valence-electron chi connectivity index (χ1n) is 23.0. The standard InChI is InChI=1S/C49H82O10/c1-3-5-7-9-11-13-15-17-19-21-23-25-27-29-31-33-35-37-44(51)56-40-42(41-57-49-48(55)47(54)46(53)43(39-50)59-49)58-45(52)38-36-34-32-30-28-26-24-22-20-18-16-14-12-10-8-6-4-2/h12,14,17-20,23-26,29,31,42-43,46-50,53-55H,3-11,13,15-16,21-22,27-28,30,32-41H2,1-2H3/b14-12+,19-17+,20-18+,25-23+,26-24+,31-29+/t42-,43-,46+,47?,48?,49-/m0/s1. The van der Waals surface area contributed by atoms with Crippen molar-refractivity contribution >= 4 is 11.9 Å². The molecule has 1 rings (SSSR count). The fourth-order valence-electron chi connectivity index (χ4n) is 6.39. The van der Waals surface area contributed by atoms with E-state index in [9.17, 15) is 30.0 Å². The summed E-state index contributed by atoms with van der Waals surface area (Å²) in [6, 6.07) is 0. The molecule has 0 spiro atoms. The molecular formula is C49H82O10. The van der Waals surface area contributed by atoms with Crippen molar-refractivity contribution in [3.05, 3.63) is 72.9 Å². The zero-order valence-corrected chi connectivity index (χ0v) is 36.7. The van der Waals surface area contributed by atoms with Gasteiger partial charge in [0.1, 0.15) is 31.0 Å². The molecule has 10 nitrogen and oxygen atoms in total. The minimum Gasteiger partial charge on any atom is -0.462 e. The average molecular weight is 831 g/mol. The van der Waals surface area contributed by atoms with Crippen LogP contribution in [0.4, 0.5) is 0 Å². The Morgan fingerprint density at radius 2 is 0.966 bits per heavy atom. The Hall–Kier alpha value is -2.86. The third-order valence-electron chi connectivity index (χ3n) is 10.1. The van der Waals surface area contributed by atoms with Gasteiger partial charge < -0.3 is 39.4 Å². The molecule has 1 aliphatic heterocycles. The van der Waals surface area contributed by atoms with Crippen molar-refractivity contribution in [1.29, 1.82) is 0 Å². The molecule has 1 saturated heterocycles. The molecule has 59 heavy (non-hydrogen) atoms. The molecule has 1 aliphatic rings. The maximum atomic E-state index is 12.8. The van der Waals surface area contributed by atoms with Gasteiger partial charge in [0.25, 0.3) is 0 Å². The van der Waals surface area contributed by atoms with Crippen molar-refractivity contribution in [2.24, 2.45) is 0 Å². The van der Waals surface area contributed by atoms with Crippen molar-refractivity contribution in [1.82, 2.24) is 0 Å². The first-order valence-corrected chi connectivity index (χ1v) is 23.0. The lowest BCUT2D eigenvalue weighted by molar-refractivity contribution is -0.305. The first-order chi connectivity index (χ1) is 28.8. The summed E-state index contributed by atoms with van der Waals surface area (Å²) in [5.74, 6) is -0.898. The number of aliphatic hydroxyl groups is 4. The van der Waals surface area contributed by atoms with Crippen LogP contribution < -0.4 is 0 Å². The van der Waals surface area contributed by atoms with Crippen LogP contribution in [0.5, 0.6) is 0 Å². The van der Waals surface area contributed by atoms with Gasteiger partial charge in [0, 0.05) is 12.8 Å². The molecular weight excluding hydrogens is 749 g/mol. The van der Waals surface area contributed by atoms with Crippen molar-refractivity contribution < 1.29 is 49.0 Å². The van der Waals surface area contributed by atoms with Crippen LogP contribution in [0.2, 0.25) is 0 Å². The Labute approximate surface area is 357 Å². The van der Waals surface area contributed by atoms with Crippen LogP contribution in [0.1, 0.15) is 168 Å². The summed E-state index contributed by atoms with van der Waals surface area (Å²) in [5.41, 5.74) is 0. The van der Waals surface area contributed by atoms with Crippen LogP contribution >= 0.6 is 0 Å².